The van der Waals surface area contributed by atoms with Crippen molar-refractivity contribution in [2.24, 2.45) is 0 Å². The van der Waals surface area contributed by atoms with E-state index in [9.17, 15) is 4.79 Å². The highest BCUT2D eigenvalue weighted by Gasteiger charge is 2.10. The Morgan fingerprint density at radius 3 is 2.81 bits per heavy atom. The average Bonchev–Trinajstić information content (AvgIpc) is 2.72. The molecule has 5 nitrogen and oxygen atoms in total. The van der Waals surface area contributed by atoms with E-state index in [1.54, 1.807) is 0 Å². The fourth-order valence-corrected chi connectivity index (χ4v) is 1.44. The van der Waals surface area contributed by atoms with E-state index < -0.39 is 5.97 Å². The zero-order chi connectivity index (χ0) is 12.0. The van der Waals surface area contributed by atoms with Crippen molar-refractivity contribution in [2.75, 3.05) is 19.7 Å². The molecule has 1 aromatic rings. The van der Waals surface area contributed by atoms with E-state index in [-0.39, 0.29) is 12.2 Å². The number of rotatable bonds is 7. The molecule has 0 amide bonds. The van der Waals surface area contributed by atoms with Gasteiger partial charge in [0.05, 0.1) is 12.1 Å². The molecule has 1 aromatic heterocycles. The third kappa shape index (κ3) is 3.67. The van der Waals surface area contributed by atoms with Crippen molar-refractivity contribution in [2.45, 2.75) is 19.9 Å². The van der Waals surface area contributed by atoms with Crippen LogP contribution in [0.15, 0.2) is 16.7 Å². The van der Waals surface area contributed by atoms with Crippen LogP contribution >= 0.6 is 0 Å². The number of aromatic carboxylic acids is 1. The maximum Gasteiger partial charge on any atom is 0.338 e. The van der Waals surface area contributed by atoms with Crippen LogP contribution in [0.4, 0.5) is 0 Å². The van der Waals surface area contributed by atoms with Crippen molar-refractivity contribution < 1.29 is 19.4 Å². The first-order valence-corrected chi connectivity index (χ1v) is 5.31. The van der Waals surface area contributed by atoms with E-state index in [0.717, 1.165) is 13.1 Å². The maximum atomic E-state index is 10.6. The molecule has 0 saturated carbocycles. The van der Waals surface area contributed by atoms with Crippen LogP contribution in [0.3, 0.4) is 0 Å². The first kappa shape index (κ1) is 12.7. The fourth-order valence-electron chi connectivity index (χ4n) is 1.44. The number of carboxylic acids is 1. The second-order valence-corrected chi connectivity index (χ2v) is 3.55. The molecule has 0 bridgehead atoms. The highest BCUT2D eigenvalue weighted by atomic mass is 16.4. The standard InChI is InChI=1S/C11H17NO4/c1-2-12(4-3-5-13)7-10-6-9(8-16-10)11(14)15/h6,8,13H,2-5,7H2,1H3,(H,14,15). The summed E-state index contributed by atoms with van der Waals surface area (Å²) in [4.78, 5) is 12.7. The molecule has 0 aliphatic rings. The Morgan fingerprint density at radius 2 is 2.31 bits per heavy atom. The van der Waals surface area contributed by atoms with E-state index in [4.69, 9.17) is 14.6 Å². The minimum atomic E-state index is -0.978. The monoisotopic (exact) mass is 227 g/mol. The molecule has 0 radical (unpaired) electrons. The van der Waals surface area contributed by atoms with Gasteiger partial charge in [0.2, 0.25) is 0 Å². The van der Waals surface area contributed by atoms with Gasteiger partial charge in [-0.1, -0.05) is 6.92 Å². The quantitative estimate of drug-likeness (QED) is 0.731. The molecule has 2 N–H and O–H groups in total. The lowest BCUT2D eigenvalue weighted by atomic mass is 10.3. The van der Waals surface area contributed by atoms with Crippen molar-refractivity contribution in [1.29, 1.82) is 0 Å². The molecule has 90 valence electrons. The summed E-state index contributed by atoms with van der Waals surface area (Å²) in [6, 6.07) is 1.53. The second-order valence-electron chi connectivity index (χ2n) is 3.55. The Morgan fingerprint density at radius 1 is 1.56 bits per heavy atom. The van der Waals surface area contributed by atoms with Crippen LogP contribution in [0.5, 0.6) is 0 Å². The fraction of sp³-hybridized carbons (Fsp3) is 0.545. The Hall–Kier alpha value is -1.33. The zero-order valence-electron chi connectivity index (χ0n) is 9.35. The SMILES string of the molecule is CCN(CCCO)Cc1cc(C(=O)O)co1. The third-order valence-electron chi connectivity index (χ3n) is 2.36. The molecule has 0 spiro atoms. The van der Waals surface area contributed by atoms with Gasteiger partial charge in [-0.25, -0.2) is 4.79 Å². The number of nitrogens with zero attached hydrogens (tertiary/aromatic N) is 1. The Labute approximate surface area is 94.3 Å². The van der Waals surface area contributed by atoms with Gasteiger partial charge in [0.1, 0.15) is 12.0 Å². The number of hydrogen-bond acceptors (Lipinski definition) is 4. The van der Waals surface area contributed by atoms with Crippen molar-refractivity contribution in [3.05, 3.63) is 23.7 Å². The predicted molar refractivity (Wildman–Crippen MR) is 58.3 cm³/mol. The molecule has 0 aliphatic heterocycles. The van der Waals surface area contributed by atoms with Crippen LogP contribution < -0.4 is 0 Å². The Balaban J connectivity index is 2.52. The van der Waals surface area contributed by atoms with Crippen LogP contribution in [-0.4, -0.2) is 40.8 Å². The Kier molecular flexibility index (Phi) is 5.01. The number of aliphatic hydroxyl groups excluding tert-OH is 1. The van der Waals surface area contributed by atoms with E-state index >= 15 is 0 Å². The molecule has 0 aliphatic carbocycles. The molecule has 5 heteroatoms. The first-order valence-electron chi connectivity index (χ1n) is 5.31. The number of carboxylic acid groups (broad SMARTS) is 1. The minimum Gasteiger partial charge on any atom is -0.478 e. The van der Waals surface area contributed by atoms with Gasteiger partial charge in [-0.15, -0.1) is 0 Å². The number of carbonyl (C=O) groups is 1. The number of aliphatic hydroxyl groups is 1. The summed E-state index contributed by atoms with van der Waals surface area (Å²) in [5, 5.41) is 17.5. The Bertz CT molecular complexity index is 334. The summed E-state index contributed by atoms with van der Waals surface area (Å²) in [5.41, 5.74) is 0.174. The van der Waals surface area contributed by atoms with Gasteiger partial charge in [-0.2, -0.15) is 0 Å². The summed E-state index contributed by atoms with van der Waals surface area (Å²) < 4.78 is 5.15. The lowest BCUT2D eigenvalue weighted by Crippen LogP contribution is -2.24. The summed E-state index contributed by atoms with van der Waals surface area (Å²) in [7, 11) is 0. The molecule has 16 heavy (non-hydrogen) atoms. The van der Waals surface area contributed by atoms with E-state index in [1.165, 1.54) is 12.3 Å². The maximum absolute atomic E-state index is 10.6. The largest absolute Gasteiger partial charge is 0.478 e. The molecule has 1 heterocycles. The lowest BCUT2D eigenvalue weighted by Gasteiger charge is -2.17. The smallest absolute Gasteiger partial charge is 0.338 e. The normalized spacial score (nSPS) is 10.9. The lowest BCUT2D eigenvalue weighted by molar-refractivity contribution is 0.0696. The molecule has 0 atom stereocenters. The van der Waals surface area contributed by atoms with Crippen LogP contribution in [0, 0.1) is 0 Å². The molecule has 0 saturated heterocycles. The molecule has 0 aromatic carbocycles. The van der Waals surface area contributed by atoms with E-state index in [1.807, 2.05) is 6.92 Å². The first-order chi connectivity index (χ1) is 7.67. The topological polar surface area (TPSA) is 73.9 Å². The molecule has 0 fully saturated rings. The van der Waals surface area contributed by atoms with Gasteiger partial charge < -0.3 is 14.6 Å². The summed E-state index contributed by atoms with van der Waals surface area (Å²) in [6.07, 6.45) is 1.96. The van der Waals surface area contributed by atoms with Gasteiger partial charge >= 0.3 is 5.97 Å². The van der Waals surface area contributed by atoms with E-state index in [0.29, 0.717) is 18.7 Å². The highest BCUT2D eigenvalue weighted by molar-refractivity contribution is 5.87. The van der Waals surface area contributed by atoms with Crippen LogP contribution in [-0.2, 0) is 6.54 Å². The molecular weight excluding hydrogens is 210 g/mol. The number of hydrogen-bond donors (Lipinski definition) is 2. The van der Waals surface area contributed by atoms with Crippen LogP contribution in [0.2, 0.25) is 0 Å². The van der Waals surface area contributed by atoms with Crippen molar-refractivity contribution in [3.63, 3.8) is 0 Å². The van der Waals surface area contributed by atoms with Gasteiger partial charge in [0.25, 0.3) is 0 Å². The van der Waals surface area contributed by atoms with Crippen molar-refractivity contribution in [1.82, 2.24) is 4.90 Å². The second kappa shape index (κ2) is 6.30. The summed E-state index contributed by atoms with van der Waals surface area (Å²) in [5.74, 6) is -0.342. The summed E-state index contributed by atoms with van der Waals surface area (Å²) >= 11 is 0. The van der Waals surface area contributed by atoms with Gasteiger partial charge in [-0.3, -0.25) is 4.90 Å². The van der Waals surface area contributed by atoms with Crippen LogP contribution in [0.25, 0.3) is 0 Å². The predicted octanol–water partition coefficient (Wildman–Crippen LogP) is 1.18. The number of furan rings is 1. The molecule has 1 rings (SSSR count). The summed E-state index contributed by atoms with van der Waals surface area (Å²) in [6.45, 7) is 4.36. The molecular formula is C11H17NO4. The molecule has 0 unspecified atom stereocenters. The minimum absolute atomic E-state index is 0.162. The average molecular weight is 227 g/mol. The van der Waals surface area contributed by atoms with E-state index in [2.05, 4.69) is 4.90 Å². The highest BCUT2D eigenvalue weighted by Crippen LogP contribution is 2.10. The van der Waals surface area contributed by atoms with Crippen molar-refractivity contribution >= 4 is 5.97 Å². The van der Waals surface area contributed by atoms with Crippen molar-refractivity contribution in [3.8, 4) is 0 Å². The third-order valence-corrected chi connectivity index (χ3v) is 2.36. The van der Waals surface area contributed by atoms with Gasteiger partial charge in [-0.05, 0) is 19.0 Å². The van der Waals surface area contributed by atoms with Gasteiger partial charge in [0.15, 0.2) is 0 Å². The zero-order valence-corrected chi connectivity index (χ0v) is 9.35. The van der Waals surface area contributed by atoms with Crippen LogP contribution in [0.1, 0.15) is 29.5 Å². The van der Waals surface area contributed by atoms with Gasteiger partial charge in [0, 0.05) is 13.2 Å².